The van der Waals surface area contributed by atoms with Crippen molar-refractivity contribution in [3.63, 3.8) is 0 Å². The predicted octanol–water partition coefficient (Wildman–Crippen LogP) is 4.82. The van der Waals surface area contributed by atoms with Crippen molar-refractivity contribution in [1.29, 1.82) is 0 Å². The van der Waals surface area contributed by atoms with E-state index in [1.54, 1.807) is 30.3 Å². The third kappa shape index (κ3) is 4.09. The van der Waals surface area contributed by atoms with Crippen molar-refractivity contribution in [1.82, 2.24) is 10.0 Å². The summed E-state index contributed by atoms with van der Waals surface area (Å²) in [6.07, 6.45) is 4.19. The third-order valence-electron chi connectivity index (χ3n) is 6.24. The number of hydrazine groups is 1. The first kappa shape index (κ1) is 23.2. The fraction of sp³-hybridized carbons (Fsp3) is 0.280. The molecular formula is C25H22Cl2N2O4. The second-order valence-corrected chi connectivity index (χ2v) is 9.14. The minimum atomic E-state index is -1.12. The maximum Gasteiger partial charge on any atom is 0.273 e. The Hall–Kier alpha value is -2.96. The molecule has 1 heterocycles. The lowest BCUT2D eigenvalue weighted by Crippen LogP contribution is -2.56. The monoisotopic (exact) mass is 484 g/mol. The molecule has 2 aromatic carbocycles. The Morgan fingerprint density at radius 3 is 2.33 bits per heavy atom. The first-order chi connectivity index (χ1) is 15.7. The summed E-state index contributed by atoms with van der Waals surface area (Å²) < 4.78 is 0. The number of carbonyl (C=O) groups excluding carboxylic acids is 4. The molecule has 170 valence electrons. The molecule has 1 saturated heterocycles. The number of nitrogens with zero attached hydrogens (tertiary/aromatic N) is 2. The van der Waals surface area contributed by atoms with Gasteiger partial charge in [-0.2, -0.15) is 5.01 Å². The van der Waals surface area contributed by atoms with Gasteiger partial charge < -0.3 is 0 Å². The highest BCUT2D eigenvalue weighted by molar-refractivity contribution is 6.42. The summed E-state index contributed by atoms with van der Waals surface area (Å²) in [5.74, 6) is -3.36. The third-order valence-corrected chi connectivity index (χ3v) is 6.98. The van der Waals surface area contributed by atoms with Crippen LogP contribution in [0.1, 0.15) is 41.0 Å². The number of carbonyl (C=O) groups is 4. The molecule has 0 radical (unpaired) electrons. The van der Waals surface area contributed by atoms with Crippen molar-refractivity contribution >= 4 is 46.7 Å². The second kappa shape index (κ2) is 9.12. The first-order valence-electron chi connectivity index (χ1n) is 10.6. The van der Waals surface area contributed by atoms with E-state index in [9.17, 15) is 19.2 Å². The molecule has 4 atom stereocenters. The number of hydrogen-bond acceptors (Lipinski definition) is 4. The van der Waals surface area contributed by atoms with Gasteiger partial charge in [0.05, 0.1) is 21.9 Å². The van der Waals surface area contributed by atoms with Crippen LogP contribution in [0.5, 0.6) is 0 Å². The van der Waals surface area contributed by atoms with Crippen molar-refractivity contribution < 1.29 is 19.2 Å². The number of amides is 3. The Kier molecular flexibility index (Phi) is 6.41. The standard InChI is InChI=1S/C25H22Cl2N2O4/c1-14-7-6-10-18-21(14)25(33)29(24(18)32)28(15(2)22(30)16-8-4-3-5-9-16)23(31)17-11-12-19(26)20(27)13-17/h3-9,11-15,18,21H,10H2,1-2H3/t14-,15-,18+,21-/m1/s1. The maximum atomic E-state index is 13.7. The SMILES string of the molecule is C[C@@H]1C=CC[C@@H]2C(=O)N(N(C(=O)c3ccc(Cl)c(Cl)c3)[C@H](C)C(=O)c3ccccc3)C(=O)[C@H]12. The van der Waals surface area contributed by atoms with E-state index in [1.807, 2.05) is 19.1 Å². The van der Waals surface area contributed by atoms with Gasteiger partial charge in [0.25, 0.3) is 17.7 Å². The number of hydrogen-bond donors (Lipinski definition) is 0. The Morgan fingerprint density at radius 2 is 1.70 bits per heavy atom. The van der Waals surface area contributed by atoms with Gasteiger partial charge in [0.15, 0.2) is 5.78 Å². The van der Waals surface area contributed by atoms with Crippen LogP contribution in [0.15, 0.2) is 60.7 Å². The Labute approximate surface area is 201 Å². The van der Waals surface area contributed by atoms with E-state index in [4.69, 9.17) is 23.2 Å². The summed E-state index contributed by atoms with van der Waals surface area (Å²) in [7, 11) is 0. The van der Waals surface area contributed by atoms with Crippen LogP contribution < -0.4 is 0 Å². The minimum Gasteiger partial charge on any atom is -0.292 e. The molecule has 1 aliphatic carbocycles. The highest BCUT2D eigenvalue weighted by Crippen LogP contribution is 2.40. The average Bonchev–Trinajstić information content (AvgIpc) is 3.07. The molecule has 2 aromatic rings. The van der Waals surface area contributed by atoms with Crippen LogP contribution >= 0.6 is 23.2 Å². The molecule has 6 nitrogen and oxygen atoms in total. The van der Waals surface area contributed by atoms with E-state index in [0.29, 0.717) is 12.0 Å². The second-order valence-electron chi connectivity index (χ2n) is 8.33. The molecule has 4 rings (SSSR count). The van der Waals surface area contributed by atoms with Gasteiger partial charge in [-0.3, -0.25) is 19.2 Å². The zero-order chi connectivity index (χ0) is 23.9. The van der Waals surface area contributed by atoms with E-state index in [2.05, 4.69) is 0 Å². The molecule has 0 spiro atoms. The van der Waals surface area contributed by atoms with Gasteiger partial charge in [-0.05, 0) is 37.5 Å². The largest absolute Gasteiger partial charge is 0.292 e. The van der Waals surface area contributed by atoms with Gasteiger partial charge in [-0.1, -0.05) is 72.6 Å². The van der Waals surface area contributed by atoms with Gasteiger partial charge in [0, 0.05) is 11.1 Å². The van der Waals surface area contributed by atoms with Gasteiger partial charge in [-0.15, -0.1) is 0 Å². The van der Waals surface area contributed by atoms with Crippen molar-refractivity contribution in [3.8, 4) is 0 Å². The molecule has 0 bridgehead atoms. The number of imide groups is 1. The van der Waals surface area contributed by atoms with Crippen molar-refractivity contribution in [3.05, 3.63) is 81.9 Å². The van der Waals surface area contributed by atoms with Crippen LogP contribution in [-0.4, -0.2) is 39.6 Å². The van der Waals surface area contributed by atoms with Crippen LogP contribution in [0.3, 0.4) is 0 Å². The Morgan fingerprint density at radius 1 is 1.00 bits per heavy atom. The molecule has 0 unspecified atom stereocenters. The number of Topliss-reactive ketones (excluding diaryl/α,β-unsaturated/α-hetero) is 1. The number of halogens is 2. The van der Waals surface area contributed by atoms with Crippen LogP contribution in [0.4, 0.5) is 0 Å². The molecule has 1 fully saturated rings. The zero-order valence-electron chi connectivity index (χ0n) is 18.1. The smallest absolute Gasteiger partial charge is 0.273 e. The van der Waals surface area contributed by atoms with E-state index in [-0.39, 0.29) is 21.5 Å². The fourth-order valence-corrected chi connectivity index (χ4v) is 4.80. The summed E-state index contributed by atoms with van der Waals surface area (Å²) in [4.78, 5) is 53.8. The number of ketones is 1. The molecule has 0 N–H and O–H groups in total. The van der Waals surface area contributed by atoms with E-state index in [1.165, 1.54) is 25.1 Å². The average molecular weight is 485 g/mol. The summed E-state index contributed by atoms with van der Waals surface area (Å²) in [5.41, 5.74) is 0.474. The Bertz CT molecular complexity index is 1160. The zero-order valence-corrected chi connectivity index (χ0v) is 19.6. The van der Waals surface area contributed by atoms with Crippen molar-refractivity contribution in [2.45, 2.75) is 26.3 Å². The lowest BCUT2D eigenvalue weighted by Gasteiger charge is -2.35. The highest BCUT2D eigenvalue weighted by atomic mass is 35.5. The van der Waals surface area contributed by atoms with Crippen LogP contribution in [0.25, 0.3) is 0 Å². The van der Waals surface area contributed by atoms with Crippen LogP contribution in [0, 0.1) is 17.8 Å². The summed E-state index contributed by atoms with van der Waals surface area (Å²) >= 11 is 12.1. The molecule has 8 heteroatoms. The number of rotatable bonds is 5. The van der Waals surface area contributed by atoms with Crippen LogP contribution in [-0.2, 0) is 9.59 Å². The number of benzene rings is 2. The molecule has 1 aliphatic heterocycles. The van der Waals surface area contributed by atoms with Crippen molar-refractivity contribution in [2.24, 2.45) is 17.8 Å². The maximum absolute atomic E-state index is 13.7. The molecule has 0 aromatic heterocycles. The first-order valence-corrected chi connectivity index (χ1v) is 11.4. The lowest BCUT2D eigenvalue weighted by molar-refractivity contribution is -0.156. The van der Waals surface area contributed by atoms with Gasteiger partial charge >= 0.3 is 0 Å². The molecule has 3 amide bonds. The van der Waals surface area contributed by atoms with E-state index < -0.39 is 41.4 Å². The minimum absolute atomic E-state index is 0.110. The quantitative estimate of drug-likeness (QED) is 0.346. The Balaban J connectivity index is 1.78. The molecule has 2 aliphatic rings. The predicted molar refractivity (Wildman–Crippen MR) is 125 cm³/mol. The molecule has 0 saturated carbocycles. The normalized spacial score (nSPS) is 22.8. The highest BCUT2D eigenvalue weighted by Gasteiger charge is 2.54. The fourth-order valence-electron chi connectivity index (χ4n) is 4.50. The topological polar surface area (TPSA) is 74.8 Å². The number of fused-ring (bicyclic) bond motifs is 1. The lowest BCUT2D eigenvalue weighted by atomic mass is 9.78. The van der Waals surface area contributed by atoms with Crippen LogP contribution in [0.2, 0.25) is 10.0 Å². The number of allylic oxidation sites excluding steroid dienone is 2. The van der Waals surface area contributed by atoms with Gasteiger partial charge in [0.1, 0.15) is 6.04 Å². The molecule has 33 heavy (non-hydrogen) atoms. The summed E-state index contributed by atoms with van der Waals surface area (Å²) in [6.45, 7) is 3.38. The molecular weight excluding hydrogens is 463 g/mol. The summed E-state index contributed by atoms with van der Waals surface area (Å²) in [6, 6.07) is 11.6. The summed E-state index contributed by atoms with van der Waals surface area (Å²) in [5, 5.41) is 2.25. The van der Waals surface area contributed by atoms with Gasteiger partial charge in [0.2, 0.25) is 0 Å². The van der Waals surface area contributed by atoms with E-state index in [0.717, 1.165) is 10.0 Å². The van der Waals surface area contributed by atoms with E-state index >= 15 is 0 Å². The van der Waals surface area contributed by atoms with Gasteiger partial charge in [-0.25, -0.2) is 5.01 Å². The van der Waals surface area contributed by atoms with Crippen molar-refractivity contribution in [2.75, 3.05) is 0 Å².